The molecule has 0 amide bonds. The number of pyridine rings is 1. The second-order valence-corrected chi connectivity index (χ2v) is 5.17. The van der Waals surface area contributed by atoms with Gasteiger partial charge in [-0.05, 0) is 37.8 Å². The molecule has 3 N–H and O–H groups in total. The minimum Gasteiger partial charge on any atom is -0.398 e. The number of hydrogen-bond donors (Lipinski definition) is 2. The molecular formula is C13H21N3. The first-order chi connectivity index (χ1) is 7.64. The Labute approximate surface area is 97.5 Å². The van der Waals surface area contributed by atoms with Crippen molar-refractivity contribution in [1.82, 2.24) is 10.3 Å². The van der Waals surface area contributed by atoms with Gasteiger partial charge in [-0.25, -0.2) is 0 Å². The minimum atomic E-state index is 0.0620. The van der Waals surface area contributed by atoms with Crippen molar-refractivity contribution in [2.75, 3.05) is 12.3 Å². The van der Waals surface area contributed by atoms with Crippen LogP contribution in [0.2, 0.25) is 0 Å². The van der Waals surface area contributed by atoms with Crippen LogP contribution in [-0.4, -0.2) is 11.5 Å². The van der Waals surface area contributed by atoms with Crippen LogP contribution in [0.15, 0.2) is 18.5 Å². The molecule has 16 heavy (non-hydrogen) atoms. The molecule has 0 saturated carbocycles. The lowest BCUT2D eigenvalue weighted by molar-refractivity contribution is 0.311. The first kappa shape index (κ1) is 11.4. The fourth-order valence-corrected chi connectivity index (χ4v) is 2.82. The van der Waals surface area contributed by atoms with Crippen LogP contribution in [0.4, 0.5) is 5.69 Å². The SMILES string of the molecule is CC(C)CC1(c2cnccc2N)CCCN1. The fourth-order valence-electron chi connectivity index (χ4n) is 2.82. The van der Waals surface area contributed by atoms with E-state index in [1.807, 2.05) is 12.3 Å². The molecule has 1 aliphatic rings. The molecule has 1 unspecified atom stereocenters. The summed E-state index contributed by atoms with van der Waals surface area (Å²) in [4.78, 5) is 4.22. The van der Waals surface area contributed by atoms with Crippen molar-refractivity contribution in [3.05, 3.63) is 24.0 Å². The van der Waals surface area contributed by atoms with Gasteiger partial charge in [0.1, 0.15) is 0 Å². The quantitative estimate of drug-likeness (QED) is 0.820. The topological polar surface area (TPSA) is 50.9 Å². The maximum atomic E-state index is 6.08. The van der Waals surface area contributed by atoms with Gasteiger partial charge in [0, 0.05) is 29.2 Å². The number of nitrogens with two attached hydrogens (primary N) is 1. The van der Waals surface area contributed by atoms with Gasteiger partial charge in [0.25, 0.3) is 0 Å². The molecule has 2 rings (SSSR count). The van der Waals surface area contributed by atoms with Gasteiger partial charge in [-0.3, -0.25) is 4.98 Å². The van der Waals surface area contributed by atoms with E-state index in [-0.39, 0.29) is 5.54 Å². The number of aromatic nitrogens is 1. The Morgan fingerprint density at radius 2 is 2.38 bits per heavy atom. The maximum Gasteiger partial charge on any atom is 0.0473 e. The molecule has 0 radical (unpaired) electrons. The molecule has 0 bridgehead atoms. The van der Waals surface area contributed by atoms with Gasteiger partial charge < -0.3 is 11.1 Å². The van der Waals surface area contributed by atoms with Crippen LogP contribution in [0.1, 0.15) is 38.7 Å². The predicted molar refractivity (Wildman–Crippen MR) is 67.0 cm³/mol. The van der Waals surface area contributed by atoms with Crippen LogP contribution in [0.25, 0.3) is 0 Å². The van der Waals surface area contributed by atoms with E-state index in [2.05, 4.69) is 24.1 Å². The van der Waals surface area contributed by atoms with E-state index in [9.17, 15) is 0 Å². The molecule has 3 heteroatoms. The van der Waals surface area contributed by atoms with E-state index in [1.54, 1.807) is 6.20 Å². The number of nitrogens with one attached hydrogen (secondary N) is 1. The Morgan fingerprint density at radius 3 is 2.94 bits per heavy atom. The van der Waals surface area contributed by atoms with Crippen molar-refractivity contribution in [3.63, 3.8) is 0 Å². The second kappa shape index (κ2) is 4.42. The Hall–Kier alpha value is -1.09. The standard InChI is InChI=1S/C13H21N3/c1-10(2)8-13(5-3-6-16-13)11-9-15-7-4-12(11)14/h4,7,9-10,16H,3,5-6,8H2,1-2H3,(H2,14,15). The van der Waals surface area contributed by atoms with Gasteiger partial charge in [0.05, 0.1) is 0 Å². The molecule has 0 aromatic carbocycles. The summed E-state index contributed by atoms with van der Waals surface area (Å²) in [5.74, 6) is 0.658. The molecular weight excluding hydrogens is 198 g/mol. The Kier molecular flexibility index (Phi) is 3.15. The van der Waals surface area contributed by atoms with Gasteiger partial charge in [-0.1, -0.05) is 13.8 Å². The summed E-state index contributed by atoms with van der Waals surface area (Å²) in [6.45, 7) is 5.60. The van der Waals surface area contributed by atoms with Crippen LogP contribution >= 0.6 is 0 Å². The summed E-state index contributed by atoms with van der Waals surface area (Å²) in [6.07, 6.45) is 7.21. The molecule has 88 valence electrons. The highest BCUT2D eigenvalue weighted by molar-refractivity contribution is 5.49. The summed E-state index contributed by atoms with van der Waals surface area (Å²) in [5, 5.41) is 3.64. The van der Waals surface area contributed by atoms with Crippen molar-refractivity contribution in [3.8, 4) is 0 Å². The summed E-state index contributed by atoms with van der Waals surface area (Å²) < 4.78 is 0. The number of anilines is 1. The normalized spacial score (nSPS) is 25.2. The summed E-state index contributed by atoms with van der Waals surface area (Å²) in [6, 6.07) is 1.90. The van der Waals surface area contributed by atoms with Crippen molar-refractivity contribution in [1.29, 1.82) is 0 Å². The van der Waals surface area contributed by atoms with Crippen LogP contribution in [0.3, 0.4) is 0 Å². The van der Waals surface area contributed by atoms with Crippen LogP contribution < -0.4 is 11.1 Å². The molecule has 0 spiro atoms. The van der Waals surface area contributed by atoms with E-state index < -0.39 is 0 Å². The molecule has 1 aliphatic heterocycles. The second-order valence-electron chi connectivity index (χ2n) is 5.17. The Morgan fingerprint density at radius 1 is 1.56 bits per heavy atom. The molecule has 1 atom stereocenters. The monoisotopic (exact) mass is 219 g/mol. The largest absolute Gasteiger partial charge is 0.398 e. The zero-order valence-electron chi connectivity index (χ0n) is 10.2. The van der Waals surface area contributed by atoms with Crippen molar-refractivity contribution >= 4 is 5.69 Å². The molecule has 3 nitrogen and oxygen atoms in total. The van der Waals surface area contributed by atoms with E-state index in [1.165, 1.54) is 18.4 Å². The molecule has 1 aromatic rings. The highest BCUT2D eigenvalue weighted by atomic mass is 15.0. The van der Waals surface area contributed by atoms with E-state index in [4.69, 9.17) is 5.73 Å². The van der Waals surface area contributed by atoms with Gasteiger partial charge in [0.15, 0.2) is 0 Å². The maximum absolute atomic E-state index is 6.08. The zero-order valence-corrected chi connectivity index (χ0v) is 10.2. The number of hydrogen-bond acceptors (Lipinski definition) is 3. The highest BCUT2D eigenvalue weighted by Gasteiger charge is 2.37. The third kappa shape index (κ3) is 2.05. The third-order valence-corrected chi connectivity index (χ3v) is 3.37. The molecule has 0 aliphatic carbocycles. The van der Waals surface area contributed by atoms with E-state index >= 15 is 0 Å². The molecule has 1 aromatic heterocycles. The van der Waals surface area contributed by atoms with Crippen LogP contribution in [0.5, 0.6) is 0 Å². The fraction of sp³-hybridized carbons (Fsp3) is 0.615. The van der Waals surface area contributed by atoms with Crippen LogP contribution in [-0.2, 0) is 5.54 Å². The van der Waals surface area contributed by atoms with E-state index in [0.29, 0.717) is 5.92 Å². The smallest absolute Gasteiger partial charge is 0.0473 e. The van der Waals surface area contributed by atoms with Crippen LogP contribution in [0, 0.1) is 5.92 Å². The predicted octanol–water partition coefficient (Wildman–Crippen LogP) is 2.29. The van der Waals surface area contributed by atoms with Gasteiger partial charge in [-0.15, -0.1) is 0 Å². The first-order valence-corrected chi connectivity index (χ1v) is 6.09. The Bertz CT molecular complexity index is 354. The minimum absolute atomic E-state index is 0.0620. The summed E-state index contributed by atoms with van der Waals surface area (Å²) >= 11 is 0. The zero-order chi connectivity index (χ0) is 11.6. The first-order valence-electron chi connectivity index (χ1n) is 6.09. The molecule has 1 saturated heterocycles. The average molecular weight is 219 g/mol. The lowest BCUT2D eigenvalue weighted by Crippen LogP contribution is -2.38. The van der Waals surface area contributed by atoms with Crippen molar-refractivity contribution in [2.45, 2.75) is 38.6 Å². The highest BCUT2D eigenvalue weighted by Crippen LogP contribution is 2.38. The van der Waals surface area contributed by atoms with Gasteiger partial charge >= 0.3 is 0 Å². The van der Waals surface area contributed by atoms with E-state index in [0.717, 1.165) is 18.7 Å². The summed E-state index contributed by atoms with van der Waals surface area (Å²) in [5.41, 5.74) is 8.19. The molecule has 1 fully saturated rings. The number of nitrogens with zero attached hydrogens (tertiary/aromatic N) is 1. The lowest BCUT2D eigenvalue weighted by Gasteiger charge is -2.32. The van der Waals surface area contributed by atoms with Gasteiger partial charge in [-0.2, -0.15) is 0 Å². The van der Waals surface area contributed by atoms with Gasteiger partial charge in [0.2, 0.25) is 0 Å². The number of rotatable bonds is 3. The van der Waals surface area contributed by atoms with Crippen molar-refractivity contribution < 1.29 is 0 Å². The number of nitrogen functional groups attached to an aromatic ring is 1. The molecule has 2 heterocycles. The van der Waals surface area contributed by atoms with Crippen molar-refractivity contribution in [2.24, 2.45) is 5.92 Å². The lowest BCUT2D eigenvalue weighted by atomic mass is 9.81. The Balaban J connectivity index is 2.36. The third-order valence-electron chi connectivity index (χ3n) is 3.37. The summed E-state index contributed by atoms with van der Waals surface area (Å²) in [7, 11) is 0. The average Bonchev–Trinajstić information content (AvgIpc) is 2.67.